The zero-order chi connectivity index (χ0) is 17.6. The molecule has 0 aliphatic carbocycles. The zero-order valence-electron chi connectivity index (χ0n) is 14.5. The summed E-state index contributed by atoms with van der Waals surface area (Å²) in [6, 6.07) is 7.80. The Balaban J connectivity index is 0.00000243. The fraction of sp³-hybridized carbons (Fsp3) is 0.389. The first kappa shape index (κ1) is 20.5. The van der Waals surface area contributed by atoms with Gasteiger partial charge in [-0.1, -0.05) is 0 Å². The normalized spacial score (nSPS) is 17.1. The topological polar surface area (TPSA) is 52.8 Å². The summed E-state index contributed by atoms with van der Waals surface area (Å²) in [4.78, 5) is 6.27. The van der Waals surface area contributed by atoms with Crippen molar-refractivity contribution < 1.29 is 13.2 Å². The molecule has 1 unspecified atom stereocenters. The van der Waals surface area contributed by atoms with Crippen LogP contribution in [0, 0.1) is 17.6 Å². The van der Waals surface area contributed by atoms with E-state index in [1.54, 1.807) is 19.4 Å². The molecular formula is C18H23F2IN4O. The Labute approximate surface area is 168 Å². The minimum atomic E-state index is -0.812. The molecule has 1 atom stereocenters. The predicted octanol–water partition coefficient (Wildman–Crippen LogP) is 3.37. The van der Waals surface area contributed by atoms with Gasteiger partial charge in [0.05, 0.1) is 12.8 Å². The van der Waals surface area contributed by atoms with Crippen molar-refractivity contribution in [3.05, 3.63) is 54.0 Å². The minimum Gasteiger partial charge on any atom is -0.467 e. The average Bonchev–Trinajstić information content (AvgIpc) is 3.29. The second-order valence-electron chi connectivity index (χ2n) is 6.09. The number of nitrogens with zero attached hydrogens (tertiary/aromatic N) is 2. The lowest BCUT2D eigenvalue weighted by Crippen LogP contribution is -2.39. The largest absolute Gasteiger partial charge is 0.467 e. The second kappa shape index (κ2) is 9.75. The van der Waals surface area contributed by atoms with Gasteiger partial charge in [0.1, 0.15) is 5.76 Å². The molecule has 0 saturated carbocycles. The van der Waals surface area contributed by atoms with E-state index >= 15 is 0 Å². The third-order valence-corrected chi connectivity index (χ3v) is 4.35. The highest BCUT2D eigenvalue weighted by molar-refractivity contribution is 14.0. The van der Waals surface area contributed by atoms with Crippen molar-refractivity contribution in [1.82, 2.24) is 10.6 Å². The first-order valence-electron chi connectivity index (χ1n) is 8.32. The molecule has 1 saturated heterocycles. The highest BCUT2D eigenvalue weighted by atomic mass is 127. The van der Waals surface area contributed by atoms with Crippen molar-refractivity contribution in [2.75, 3.05) is 31.6 Å². The second-order valence-corrected chi connectivity index (χ2v) is 6.09. The lowest BCUT2D eigenvalue weighted by molar-refractivity contribution is 0.499. The number of guanidine groups is 1. The molecule has 142 valence electrons. The number of halogens is 3. The summed E-state index contributed by atoms with van der Waals surface area (Å²) in [6.07, 6.45) is 2.62. The van der Waals surface area contributed by atoms with E-state index in [9.17, 15) is 8.78 Å². The van der Waals surface area contributed by atoms with E-state index in [0.29, 0.717) is 18.4 Å². The average molecular weight is 476 g/mol. The minimum absolute atomic E-state index is 0. The van der Waals surface area contributed by atoms with Crippen molar-refractivity contribution in [1.29, 1.82) is 0 Å². The zero-order valence-corrected chi connectivity index (χ0v) is 16.9. The van der Waals surface area contributed by atoms with Crippen LogP contribution in [0.25, 0.3) is 0 Å². The number of hydrogen-bond acceptors (Lipinski definition) is 3. The van der Waals surface area contributed by atoms with Crippen LogP contribution in [0.4, 0.5) is 14.5 Å². The maximum Gasteiger partial charge on any atom is 0.191 e. The van der Waals surface area contributed by atoms with E-state index < -0.39 is 11.6 Å². The van der Waals surface area contributed by atoms with Crippen LogP contribution in [-0.2, 0) is 6.54 Å². The summed E-state index contributed by atoms with van der Waals surface area (Å²) in [5.41, 5.74) is 0.724. The first-order chi connectivity index (χ1) is 12.2. The SMILES string of the molecule is CN=C(NCc1ccco1)NCC1CCN(c2ccc(F)c(F)c2)C1.I. The highest BCUT2D eigenvalue weighted by Gasteiger charge is 2.23. The van der Waals surface area contributed by atoms with Crippen molar-refractivity contribution in [3.63, 3.8) is 0 Å². The molecule has 8 heteroatoms. The molecule has 0 spiro atoms. The lowest BCUT2D eigenvalue weighted by atomic mass is 10.1. The van der Waals surface area contributed by atoms with E-state index in [4.69, 9.17) is 4.42 Å². The van der Waals surface area contributed by atoms with Gasteiger partial charge in [0.15, 0.2) is 17.6 Å². The van der Waals surface area contributed by atoms with Crippen LogP contribution in [0.1, 0.15) is 12.2 Å². The lowest BCUT2D eigenvalue weighted by Gasteiger charge is -2.19. The number of furan rings is 1. The number of nitrogens with one attached hydrogen (secondary N) is 2. The summed E-state index contributed by atoms with van der Waals surface area (Å²) in [5, 5.41) is 6.50. The summed E-state index contributed by atoms with van der Waals surface area (Å²) in [5.74, 6) is 0.348. The smallest absolute Gasteiger partial charge is 0.191 e. The third kappa shape index (κ3) is 5.33. The van der Waals surface area contributed by atoms with E-state index in [2.05, 4.69) is 20.5 Å². The van der Waals surface area contributed by atoms with Crippen LogP contribution in [0.2, 0.25) is 0 Å². The molecule has 0 bridgehead atoms. The Morgan fingerprint density at radius 3 is 2.81 bits per heavy atom. The molecule has 1 aromatic heterocycles. The van der Waals surface area contributed by atoms with Crippen LogP contribution >= 0.6 is 24.0 Å². The molecule has 2 heterocycles. The van der Waals surface area contributed by atoms with Crippen LogP contribution in [-0.4, -0.2) is 32.6 Å². The molecule has 1 aromatic carbocycles. The molecule has 2 N–H and O–H groups in total. The fourth-order valence-electron chi connectivity index (χ4n) is 2.96. The Hall–Kier alpha value is -1.84. The maximum absolute atomic E-state index is 13.4. The number of aliphatic imine (C=N–C) groups is 1. The monoisotopic (exact) mass is 476 g/mol. The van der Waals surface area contributed by atoms with Gasteiger partial charge in [0.2, 0.25) is 0 Å². The van der Waals surface area contributed by atoms with Gasteiger partial charge in [-0.3, -0.25) is 4.99 Å². The molecule has 1 aliphatic rings. The van der Waals surface area contributed by atoms with E-state index in [1.165, 1.54) is 12.1 Å². The molecule has 3 rings (SSSR count). The fourth-order valence-corrected chi connectivity index (χ4v) is 2.96. The summed E-state index contributed by atoms with van der Waals surface area (Å²) in [7, 11) is 1.72. The molecule has 0 radical (unpaired) electrons. The van der Waals surface area contributed by atoms with Crippen LogP contribution < -0.4 is 15.5 Å². The highest BCUT2D eigenvalue weighted by Crippen LogP contribution is 2.24. The molecule has 0 amide bonds. The predicted molar refractivity (Wildman–Crippen MR) is 109 cm³/mol. The van der Waals surface area contributed by atoms with Gasteiger partial charge < -0.3 is 20.0 Å². The maximum atomic E-state index is 13.4. The molecule has 26 heavy (non-hydrogen) atoms. The van der Waals surface area contributed by atoms with E-state index in [0.717, 1.165) is 37.5 Å². The van der Waals surface area contributed by atoms with Gasteiger partial charge in [0, 0.05) is 38.4 Å². The van der Waals surface area contributed by atoms with Crippen LogP contribution in [0.3, 0.4) is 0 Å². The van der Waals surface area contributed by atoms with Crippen LogP contribution in [0.5, 0.6) is 0 Å². The van der Waals surface area contributed by atoms with E-state index in [1.807, 2.05) is 12.1 Å². The first-order valence-corrected chi connectivity index (χ1v) is 8.32. The summed E-state index contributed by atoms with van der Waals surface area (Å²) < 4.78 is 31.7. The molecule has 1 aliphatic heterocycles. The van der Waals surface area contributed by atoms with Gasteiger partial charge in [-0.25, -0.2) is 8.78 Å². The van der Waals surface area contributed by atoms with E-state index in [-0.39, 0.29) is 24.0 Å². The standard InChI is InChI=1S/C18H22F2N4O.HI/c1-21-18(23-11-15-3-2-8-25-15)22-10-13-6-7-24(12-13)14-4-5-16(19)17(20)9-14;/h2-5,8-9,13H,6-7,10-12H2,1H3,(H2,21,22,23);1H. The molecular weight excluding hydrogens is 453 g/mol. The molecule has 2 aromatic rings. The molecule has 1 fully saturated rings. The van der Waals surface area contributed by atoms with Crippen molar-refractivity contribution in [2.45, 2.75) is 13.0 Å². The van der Waals surface area contributed by atoms with Gasteiger partial charge in [-0.15, -0.1) is 24.0 Å². The Kier molecular flexibility index (Phi) is 7.67. The number of rotatable bonds is 5. The number of benzene rings is 1. The van der Waals surface area contributed by atoms with Crippen LogP contribution in [0.15, 0.2) is 46.0 Å². The number of anilines is 1. The van der Waals surface area contributed by atoms with Crippen molar-refractivity contribution >= 4 is 35.6 Å². The van der Waals surface area contributed by atoms with Crippen molar-refractivity contribution in [2.24, 2.45) is 10.9 Å². The Morgan fingerprint density at radius 2 is 2.12 bits per heavy atom. The van der Waals surface area contributed by atoms with Gasteiger partial charge >= 0.3 is 0 Å². The van der Waals surface area contributed by atoms with Gasteiger partial charge in [-0.05, 0) is 36.6 Å². The quantitative estimate of drug-likeness (QED) is 0.395. The van der Waals surface area contributed by atoms with Crippen molar-refractivity contribution in [3.8, 4) is 0 Å². The summed E-state index contributed by atoms with van der Waals surface area (Å²) >= 11 is 0. The molecule has 5 nitrogen and oxygen atoms in total. The van der Waals surface area contributed by atoms with Gasteiger partial charge in [0.25, 0.3) is 0 Å². The van der Waals surface area contributed by atoms with Gasteiger partial charge in [-0.2, -0.15) is 0 Å². The summed E-state index contributed by atoms with van der Waals surface area (Å²) in [6.45, 7) is 2.96. The number of hydrogen-bond donors (Lipinski definition) is 2. The third-order valence-electron chi connectivity index (χ3n) is 4.35. The Morgan fingerprint density at radius 1 is 1.27 bits per heavy atom. The Bertz CT molecular complexity index is 724.